The molecule has 10 heteroatoms. The monoisotopic (exact) mass is 428 g/mol. The highest BCUT2D eigenvalue weighted by atomic mass is 16.5. The fourth-order valence-corrected chi connectivity index (χ4v) is 3.15. The highest BCUT2D eigenvalue weighted by Crippen LogP contribution is 2.34. The van der Waals surface area contributed by atoms with Gasteiger partial charge in [-0.3, -0.25) is 4.79 Å². The number of nitrogens with two attached hydrogens (primary N) is 1. The van der Waals surface area contributed by atoms with Crippen LogP contribution in [0.15, 0.2) is 35.9 Å². The molecule has 0 radical (unpaired) electrons. The Bertz CT molecular complexity index is 930. The van der Waals surface area contributed by atoms with Gasteiger partial charge in [0.1, 0.15) is 29.2 Å². The molecule has 1 saturated heterocycles. The number of aryl methyl sites for hydroxylation is 1. The number of amides is 1. The number of allylic oxidation sites excluding steroid dienone is 2. The fraction of sp³-hybridized carbons (Fsp3) is 0.333. The van der Waals surface area contributed by atoms with Gasteiger partial charge < -0.3 is 35.6 Å². The molecular weight excluding hydrogens is 403 g/mol. The summed E-state index contributed by atoms with van der Waals surface area (Å²) in [6.07, 6.45) is 9.63. The lowest BCUT2D eigenvalue weighted by atomic mass is 9.82. The molecule has 1 aromatic carbocycles. The Morgan fingerprint density at radius 1 is 1.42 bits per heavy atom. The van der Waals surface area contributed by atoms with E-state index in [9.17, 15) is 19.8 Å². The molecule has 0 aliphatic carbocycles. The number of rotatable bonds is 9. The molecule has 1 atom stereocenters. The van der Waals surface area contributed by atoms with Gasteiger partial charge in [0.05, 0.1) is 13.1 Å². The van der Waals surface area contributed by atoms with E-state index in [1.54, 1.807) is 19.1 Å². The van der Waals surface area contributed by atoms with E-state index >= 15 is 0 Å². The van der Waals surface area contributed by atoms with Crippen LogP contribution in [-0.2, 0) is 11.2 Å². The van der Waals surface area contributed by atoms with Crippen molar-refractivity contribution >= 4 is 19.0 Å². The molecule has 0 bridgehead atoms. The number of carboxylic acids is 1. The molecule has 0 spiro atoms. The zero-order chi connectivity index (χ0) is 23.1. The maximum atomic E-state index is 12.5. The number of terminal acetylenes is 1. The second-order valence-corrected chi connectivity index (χ2v) is 7.04. The molecule has 1 aliphatic heterocycles. The van der Waals surface area contributed by atoms with Gasteiger partial charge in [-0.15, -0.1) is 6.42 Å². The maximum absolute atomic E-state index is 12.5. The molecule has 2 rings (SSSR count). The van der Waals surface area contributed by atoms with Crippen LogP contribution in [0.4, 0.5) is 0 Å². The van der Waals surface area contributed by atoms with E-state index < -0.39 is 36.5 Å². The lowest BCUT2D eigenvalue weighted by molar-refractivity contribution is -0.140. The summed E-state index contributed by atoms with van der Waals surface area (Å²) in [4.78, 5) is 25.6. The summed E-state index contributed by atoms with van der Waals surface area (Å²) in [5.41, 5.74) is 6.34. The normalized spacial score (nSPS) is 15.3. The minimum absolute atomic E-state index is 0.0403. The minimum atomic E-state index is -1.57. The summed E-state index contributed by atoms with van der Waals surface area (Å²) < 4.78 is 5.68. The van der Waals surface area contributed by atoms with Crippen LogP contribution >= 0.6 is 0 Å². The third-order valence-electron chi connectivity index (χ3n) is 4.80. The lowest BCUT2D eigenvalue weighted by Gasteiger charge is -2.40. The van der Waals surface area contributed by atoms with Crippen LogP contribution < -0.4 is 10.5 Å². The Hall–Kier alpha value is -3.26. The topological polar surface area (TPSA) is 154 Å². The number of nitrogens with zero attached hydrogens (tertiary/aromatic N) is 1. The summed E-state index contributed by atoms with van der Waals surface area (Å²) in [5, 5.41) is 37.7. The van der Waals surface area contributed by atoms with Crippen molar-refractivity contribution in [2.24, 2.45) is 5.73 Å². The number of phenols is 1. The van der Waals surface area contributed by atoms with Crippen LogP contribution in [0.1, 0.15) is 22.8 Å². The molecule has 1 aliphatic rings. The van der Waals surface area contributed by atoms with Gasteiger partial charge in [0.15, 0.2) is 0 Å². The number of carbonyl (C=O) groups is 2. The highest BCUT2D eigenvalue weighted by Gasteiger charge is 2.36. The van der Waals surface area contributed by atoms with Crippen LogP contribution in [-0.4, -0.2) is 69.4 Å². The highest BCUT2D eigenvalue weighted by molar-refractivity contribution is 6.41. The summed E-state index contributed by atoms with van der Waals surface area (Å²) in [7, 11) is -1.57. The van der Waals surface area contributed by atoms with E-state index in [-0.39, 0.29) is 43.1 Å². The Labute approximate surface area is 180 Å². The van der Waals surface area contributed by atoms with E-state index in [1.165, 1.54) is 23.1 Å². The summed E-state index contributed by atoms with van der Waals surface area (Å²) in [5.74, 6) is 0.0999. The van der Waals surface area contributed by atoms with Crippen LogP contribution in [0, 0.1) is 12.3 Å². The van der Waals surface area contributed by atoms with Gasteiger partial charge in [0.25, 0.3) is 0 Å². The summed E-state index contributed by atoms with van der Waals surface area (Å²) >= 11 is 0. The number of likely N-dealkylation sites (tertiary alicyclic amines) is 1. The zero-order valence-corrected chi connectivity index (χ0v) is 17.1. The first-order chi connectivity index (χ1) is 14.7. The van der Waals surface area contributed by atoms with Crippen molar-refractivity contribution in [2.75, 3.05) is 13.1 Å². The van der Waals surface area contributed by atoms with E-state index in [0.717, 1.165) is 0 Å². The summed E-state index contributed by atoms with van der Waals surface area (Å²) in [6, 6.07) is 1.94. The predicted octanol–water partition coefficient (Wildman–Crippen LogP) is 0.158. The van der Waals surface area contributed by atoms with E-state index in [1.807, 2.05) is 0 Å². The molecule has 1 amide bonds. The van der Waals surface area contributed by atoms with Crippen LogP contribution in [0.25, 0.3) is 0 Å². The van der Waals surface area contributed by atoms with Crippen molar-refractivity contribution in [3.63, 3.8) is 0 Å². The third kappa shape index (κ3) is 5.89. The van der Waals surface area contributed by atoms with Crippen LogP contribution in [0.2, 0.25) is 6.32 Å². The second-order valence-electron chi connectivity index (χ2n) is 7.04. The van der Waals surface area contributed by atoms with Crippen LogP contribution in [0.5, 0.6) is 11.5 Å². The van der Waals surface area contributed by atoms with Crippen molar-refractivity contribution in [2.45, 2.75) is 31.8 Å². The van der Waals surface area contributed by atoms with Gasteiger partial charge in [-0.25, -0.2) is 4.79 Å². The average Bonchev–Trinajstić information content (AvgIpc) is 2.68. The molecule has 1 heterocycles. The number of aromatic hydroxyl groups is 1. The maximum Gasteiger partial charge on any atom is 0.451 e. The number of aromatic carboxylic acids is 1. The second kappa shape index (κ2) is 10.7. The minimum Gasteiger partial charge on any atom is -0.507 e. The number of benzene rings is 1. The Kier molecular flexibility index (Phi) is 8.27. The van der Waals surface area contributed by atoms with E-state index in [0.29, 0.717) is 5.57 Å². The fourth-order valence-electron chi connectivity index (χ4n) is 3.15. The number of carbonyl (C=O) groups excluding carboxylic acids is 1. The van der Waals surface area contributed by atoms with Crippen molar-refractivity contribution in [1.29, 1.82) is 0 Å². The molecule has 0 aromatic heterocycles. The summed E-state index contributed by atoms with van der Waals surface area (Å²) in [6.45, 7) is 2.18. The molecule has 1 aromatic rings. The SMILES string of the molecule is C#C/C=C(\C=C/C)[C@@H](N)C(=O)N1CC(Oc2ccc(CCB(O)O)c(O)c2C(=O)O)C1. The molecule has 0 unspecified atom stereocenters. The number of ether oxygens (including phenoxy) is 1. The zero-order valence-electron chi connectivity index (χ0n) is 17.1. The smallest absolute Gasteiger partial charge is 0.451 e. The first-order valence-corrected chi connectivity index (χ1v) is 9.63. The third-order valence-corrected chi connectivity index (χ3v) is 4.80. The van der Waals surface area contributed by atoms with Gasteiger partial charge in [-0.2, -0.15) is 0 Å². The average molecular weight is 428 g/mol. The van der Waals surface area contributed by atoms with Crippen LogP contribution in [0.3, 0.4) is 0 Å². The molecule has 164 valence electrons. The molecule has 6 N–H and O–H groups in total. The number of carboxylic acid groups (broad SMARTS) is 1. The van der Waals surface area contributed by atoms with Crippen molar-refractivity contribution < 1.29 is 34.6 Å². The Morgan fingerprint density at radius 3 is 2.65 bits per heavy atom. The quantitative estimate of drug-likeness (QED) is 0.212. The van der Waals surface area contributed by atoms with Gasteiger partial charge in [0, 0.05) is 0 Å². The molecule has 9 nitrogen and oxygen atoms in total. The molecule has 31 heavy (non-hydrogen) atoms. The Balaban J connectivity index is 2.07. The predicted molar refractivity (Wildman–Crippen MR) is 114 cm³/mol. The van der Waals surface area contributed by atoms with Gasteiger partial charge in [-0.05, 0) is 42.9 Å². The Morgan fingerprint density at radius 2 is 2.10 bits per heavy atom. The standard InChI is InChI=1S/C21H25BN2O7/c1-3-5-13(6-4-2)18(23)20(26)24-11-15(12-24)31-16-8-7-14(9-10-22(29)30)19(25)17(16)21(27)28/h1,4-8,15,18,25,29-30H,9-12,23H2,2H3,(H,27,28)/b6-4-,13-5+/t18-/m1/s1. The van der Waals surface area contributed by atoms with Gasteiger partial charge in [-0.1, -0.05) is 24.1 Å². The van der Waals surface area contributed by atoms with E-state index in [2.05, 4.69) is 5.92 Å². The van der Waals surface area contributed by atoms with Crippen molar-refractivity contribution in [3.05, 3.63) is 47.1 Å². The largest absolute Gasteiger partial charge is 0.507 e. The lowest BCUT2D eigenvalue weighted by Crippen LogP contribution is -2.60. The first-order valence-electron chi connectivity index (χ1n) is 9.63. The molecular formula is C21H25BN2O7. The van der Waals surface area contributed by atoms with Gasteiger partial charge in [0.2, 0.25) is 5.91 Å². The van der Waals surface area contributed by atoms with Crippen molar-refractivity contribution in [3.8, 4) is 23.8 Å². The van der Waals surface area contributed by atoms with Crippen molar-refractivity contribution in [1.82, 2.24) is 4.90 Å². The number of hydrogen-bond acceptors (Lipinski definition) is 7. The molecule has 0 saturated carbocycles. The van der Waals surface area contributed by atoms with E-state index in [4.69, 9.17) is 26.9 Å². The molecule has 1 fully saturated rings. The van der Waals surface area contributed by atoms with Gasteiger partial charge >= 0.3 is 13.1 Å². The number of hydrogen-bond donors (Lipinski definition) is 5. The first kappa shape index (κ1) is 24.0.